The minimum absolute atomic E-state index is 0.102. The Labute approximate surface area is 43.6 Å². The van der Waals surface area contributed by atoms with Gasteiger partial charge in [-0.25, -0.2) is 5.90 Å². The Kier molecular flexibility index (Phi) is 3.98. The molecule has 0 rings (SSSR count). The summed E-state index contributed by atoms with van der Waals surface area (Å²) >= 11 is 0. The monoisotopic (exact) mass is 104 g/mol. The van der Waals surface area contributed by atoms with Crippen LogP contribution in [0, 0.1) is 0 Å². The van der Waals surface area contributed by atoms with Crippen molar-refractivity contribution in [3.05, 3.63) is 0 Å². The molecule has 0 heterocycles. The van der Waals surface area contributed by atoms with Crippen LogP contribution < -0.4 is 11.6 Å². The molecule has 4 N–H and O–H groups in total. The van der Waals surface area contributed by atoms with Crippen molar-refractivity contribution >= 4 is 0 Å². The lowest BCUT2D eigenvalue weighted by Gasteiger charge is -2.03. The Morgan fingerprint density at radius 3 is 2.43 bits per heavy atom. The molecule has 3 heteroatoms. The number of nitrogens with two attached hydrogens (primary N) is 2. The molecular formula is C4H12N2O. The summed E-state index contributed by atoms with van der Waals surface area (Å²) in [6, 6.07) is 0. The van der Waals surface area contributed by atoms with E-state index in [1.54, 1.807) is 0 Å². The summed E-state index contributed by atoms with van der Waals surface area (Å²) < 4.78 is 0. The van der Waals surface area contributed by atoms with Gasteiger partial charge in [-0.15, -0.1) is 0 Å². The van der Waals surface area contributed by atoms with Crippen molar-refractivity contribution in [2.24, 2.45) is 11.6 Å². The summed E-state index contributed by atoms with van der Waals surface area (Å²) in [5.41, 5.74) is 5.17. The predicted octanol–water partition coefficient (Wildman–Crippen LogP) is -0.386. The highest BCUT2D eigenvalue weighted by Crippen LogP contribution is 1.87. The van der Waals surface area contributed by atoms with Crippen LogP contribution in [0.1, 0.15) is 13.3 Å². The van der Waals surface area contributed by atoms with E-state index in [0.29, 0.717) is 6.54 Å². The third kappa shape index (κ3) is 3.72. The number of hydrogen-bond acceptors (Lipinski definition) is 3. The van der Waals surface area contributed by atoms with Crippen molar-refractivity contribution in [1.82, 2.24) is 0 Å². The number of rotatable bonds is 3. The average Bonchev–Trinajstić information content (AvgIpc) is 1.68. The normalized spacial score (nSPS) is 14.1. The second-order valence-electron chi connectivity index (χ2n) is 1.52. The van der Waals surface area contributed by atoms with Gasteiger partial charge in [-0.3, -0.25) is 0 Å². The average molecular weight is 104 g/mol. The minimum Gasteiger partial charge on any atom is -0.330 e. The Morgan fingerprint density at radius 2 is 2.29 bits per heavy atom. The van der Waals surface area contributed by atoms with Gasteiger partial charge in [0, 0.05) is 0 Å². The van der Waals surface area contributed by atoms with Gasteiger partial charge in [0.15, 0.2) is 0 Å². The predicted molar refractivity (Wildman–Crippen MR) is 28.4 cm³/mol. The molecule has 0 fully saturated rings. The van der Waals surface area contributed by atoms with Gasteiger partial charge in [0.1, 0.15) is 0 Å². The zero-order valence-corrected chi connectivity index (χ0v) is 4.55. The lowest BCUT2D eigenvalue weighted by atomic mass is 10.3. The van der Waals surface area contributed by atoms with Crippen LogP contribution in [0.3, 0.4) is 0 Å². The largest absolute Gasteiger partial charge is 0.330 e. The van der Waals surface area contributed by atoms with Crippen LogP contribution in [0.4, 0.5) is 0 Å². The maximum Gasteiger partial charge on any atom is 0.0771 e. The first-order valence-electron chi connectivity index (χ1n) is 2.37. The zero-order chi connectivity index (χ0) is 5.70. The second-order valence-corrected chi connectivity index (χ2v) is 1.52. The fourth-order valence-electron chi connectivity index (χ4n) is 0.303. The highest BCUT2D eigenvalue weighted by atomic mass is 16.6. The lowest BCUT2D eigenvalue weighted by Crippen LogP contribution is -2.17. The molecule has 0 saturated carbocycles. The molecule has 0 aromatic heterocycles. The van der Waals surface area contributed by atoms with E-state index in [9.17, 15) is 0 Å². The van der Waals surface area contributed by atoms with Crippen molar-refractivity contribution in [3.63, 3.8) is 0 Å². The van der Waals surface area contributed by atoms with E-state index in [4.69, 9.17) is 11.6 Å². The van der Waals surface area contributed by atoms with Crippen LogP contribution in [0.5, 0.6) is 0 Å². The smallest absolute Gasteiger partial charge is 0.0771 e. The molecule has 0 aliphatic rings. The van der Waals surface area contributed by atoms with E-state index in [1.807, 2.05) is 6.92 Å². The molecule has 0 aromatic rings. The molecule has 3 nitrogen and oxygen atoms in total. The van der Waals surface area contributed by atoms with Crippen LogP contribution in [0.15, 0.2) is 0 Å². The van der Waals surface area contributed by atoms with Gasteiger partial charge in [0.2, 0.25) is 0 Å². The van der Waals surface area contributed by atoms with Gasteiger partial charge in [0.05, 0.1) is 6.10 Å². The quantitative estimate of drug-likeness (QED) is 0.479. The first-order chi connectivity index (χ1) is 3.31. The summed E-state index contributed by atoms with van der Waals surface area (Å²) in [6.07, 6.45) is 0.932. The third-order valence-corrected chi connectivity index (χ3v) is 0.806. The van der Waals surface area contributed by atoms with Crippen LogP contribution in [-0.2, 0) is 4.84 Å². The summed E-state index contributed by atoms with van der Waals surface area (Å²) in [7, 11) is 0. The molecule has 0 bridgehead atoms. The molecule has 1 unspecified atom stereocenters. The summed E-state index contributed by atoms with van der Waals surface area (Å²) in [6.45, 7) is 2.52. The fraction of sp³-hybridized carbons (Fsp3) is 1.00. The summed E-state index contributed by atoms with van der Waals surface area (Å²) in [5, 5.41) is 0. The molecule has 0 aliphatic carbocycles. The molecule has 0 radical (unpaired) electrons. The van der Waals surface area contributed by atoms with Crippen LogP contribution >= 0.6 is 0 Å². The Balaban J connectivity index is 2.83. The van der Waals surface area contributed by atoms with E-state index in [2.05, 4.69) is 4.84 Å². The second kappa shape index (κ2) is 4.05. The molecule has 0 aliphatic heterocycles. The summed E-state index contributed by atoms with van der Waals surface area (Å²) in [4.78, 5) is 4.41. The molecule has 0 aromatic carbocycles. The van der Waals surface area contributed by atoms with E-state index in [0.717, 1.165) is 6.42 Å². The highest BCUT2D eigenvalue weighted by molar-refractivity contribution is 4.46. The van der Waals surface area contributed by atoms with Crippen molar-refractivity contribution in [2.45, 2.75) is 19.4 Å². The molecule has 0 spiro atoms. The summed E-state index contributed by atoms with van der Waals surface area (Å²) in [5.74, 6) is 4.80. The third-order valence-electron chi connectivity index (χ3n) is 0.806. The molecule has 44 valence electrons. The standard InChI is InChI=1S/C4H12N2O/c1-4(7-6)2-3-5/h4H,2-3,5-6H2,1H3. The SMILES string of the molecule is CC(CCN)ON. The van der Waals surface area contributed by atoms with Gasteiger partial charge in [-0.05, 0) is 19.9 Å². The maximum absolute atomic E-state index is 5.17. The van der Waals surface area contributed by atoms with Crippen molar-refractivity contribution in [1.29, 1.82) is 0 Å². The zero-order valence-electron chi connectivity index (χ0n) is 4.55. The lowest BCUT2D eigenvalue weighted by molar-refractivity contribution is 0.0625. The fourth-order valence-corrected chi connectivity index (χ4v) is 0.303. The van der Waals surface area contributed by atoms with Crippen molar-refractivity contribution in [3.8, 4) is 0 Å². The maximum atomic E-state index is 5.17. The molecular weight excluding hydrogens is 92.1 g/mol. The molecule has 7 heavy (non-hydrogen) atoms. The van der Waals surface area contributed by atoms with E-state index < -0.39 is 0 Å². The Hall–Kier alpha value is -0.120. The van der Waals surface area contributed by atoms with Gasteiger partial charge in [-0.2, -0.15) is 0 Å². The Bertz CT molecular complexity index is 40.7. The molecule has 0 amide bonds. The topological polar surface area (TPSA) is 61.3 Å². The number of hydrogen-bond donors (Lipinski definition) is 2. The van der Waals surface area contributed by atoms with Gasteiger partial charge >= 0.3 is 0 Å². The van der Waals surface area contributed by atoms with Crippen LogP contribution in [0.2, 0.25) is 0 Å². The van der Waals surface area contributed by atoms with Gasteiger partial charge in [-0.1, -0.05) is 0 Å². The molecule has 1 atom stereocenters. The van der Waals surface area contributed by atoms with Gasteiger partial charge in [0.25, 0.3) is 0 Å². The van der Waals surface area contributed by atoms with E-state index in [-0.39, 0.29) is 6.10 Å². The van der Waals surface area contributed by atoms with Crippen molar-refractivity contribution in [2.75, 3.05) is 6.54 Å². The first kappa shape index (κ1) is 6.88. The van der Waals surface area contributed by atoms with Crippen LogP contribution in [0.25, 0.3) is 0 Å². The molecule has 0 saturated heterocycles. The van der Waals surface area contributed by atoms with Crippen LogP contribution in [-0.4, -0.2) is 12.6 Å². The minimum atomic E-state index is 0.102. The van der Waals surface area contributed by atoms with Gasteiger partial charge < -0.3 is 10.6 Å². The Morgan fingerprint density at radius 1 is 1.71 bits per heavy atom. The van der Waals surface area contributed by atoms with Crippen molar-refractivity contribution < 1.29 is 4.84 Å². The highest BCUT2D eigenvalue weighted by Gasteiger charge is 1.94. The van der Waals surface area contributed by atoms with E-state index in [1.165, 1.54) is 0 Å². The van der Waals surface area contributed by atoms with E-state index >= 15 is 0 Å². The first-order valence-corrected chi connectivity index (χ1v) is 2.37.